The summed E-state index contributed by atoms with van der Waals surface area (Å²) in [6.07, 6.45) is 1.95. The van der Waals surface area contributed by atoms with Crippen LogP contribution in [0.25, 0.3) is 11.0 Å². The molecule has 2 aromatic rings. The van der Waals surface area contributed by atoms with Gasteiger partial charge in [0.25, 0.3) is 0 Å². The van der Waals surface area contributed by atoms with E-state index in [1.54, 1.807) is 0 Å². The van der Waals surface area contributed by atoms with Crippen LogP contribution in [-0.4, -0.2) is 9.97 Å². The van der Waals surface area contributed by atoms with Gasteiger partial charge in [0, 0.05) is 12.5 Å². The van der Waals surface area contributed by atoms with Crippen LogP contribution in [0.3, 0.4) is 0 Å². The number of rotatable bonds is 4. The maximum absolute atomic E-state index is 6.19. The van der Waals surface area contributed by atoms with Crippen molar-refractivity contribution in [2.75, 3.05) is 0 Å². The monoisotopic (exact) mass is 231 g/mol. The summed E-state index contributed by atoms with van der Waals surface area (Å²) >= 11 is 0. The second-order valence-corrected chi connectivity index (χ2v) is 5.05. The normalized spacial score (nSPS) is 13.5. The zero-order valence-electron chi connectivity index (χ0n) is 10.8. The van der Waals surface area contributed by atoms with Gasteiger partial charge >= 0.3 is 0 Å². The Kier molecular flexibility index (Phi) is 3.48. The highest BCUT2D eigenvalue weighted by Crippen LogP contribution is 2.22. The van der Waals surface area contributed by atoms with E-state index in [4.69, 9.17) is 5.73 Å². The van der Waals surface area contributed by atoms with Gasteiger partial charge < -0.3 is 10.7 Å². The number of nitrogens with zero attached hydrogens (tertiary/aromatic N) is 1. The van der Waals surface area contributed by atoms with Crippen LogP contribution in [-0.2, 0) is 6.42 Å². The molecule has 0 saturated heterocycles. The van der Waals surface area contributed by atoms with Gasteiger partial charge in [-0.2, -0.15) is 0 Å². The lowest BCUT2D eigenvalue weighted by Crippen LogP contribution is -2.12. The van der Waals surface area contributed by atoms with Crippen molar-refractivity contribution in [1.29, 1.82) is 0 Å². The predicted octanol–water partition coefficient (Wildman–Crippen LogP) is 3.17. The number of aromatic amines is 1. The predicted molar refractivity (Wildman–Crippen MR) is 71.9 cm³/mol. The summed E-state index contributed by atoms with van der Waals surface area (Å²) in [5.74, 6) is 1.66. The van der Waals surface area contributed by atoms with Gasteiger partial charge in [-0.3, -0.25) is 0 Å². The molecular weight excluding hydrogens is 210 g/mol. The number of aryl methyl sites for hydroxylation is 1. The van der Waals surface area contributed by atoms with Gasteiger partial charge in [0.05, 0.1) is 11.0 Å². The van der Waals surface area contributed by atoms with E-state index >= 15 is 0 Å². The van der Waals surface area contributed by atoms with Gasteiger partial charge in [-0.15, -0.1) is 0 Å². The van der Waals surface area contributed by atoms with Crippen molar-refractivity contribution in [2.45, 2.75) is 39.7 Å². The Hall–Kier alpha value is -1.35. The summed E-state index contributed by atoms with van der Waals surface area (Å²) in [7, 11) is 0. The van der Waals surface area contributed by atoms with Gasteiger partial charge in [-0.1, -0.05) is 26.8 Å². The van der Waals surface area contributed by atoms with Crippen LogP contribution in [0.2, 0.25) is 0 Å². The van der Waals surface area contributed by atoms with Crippen LogP contribution in [0.4, 0.5) is 0 Å². The molecule has 3 N–H and O–H groups in total. The summed E-state index contributed by atoms with van der Waals surface area (Å²) in [6.45, 7) is 6.50. The number of benzene rings is 1. The number of hydrogen-bond donors (Lipinski definition) is 2. The molecular formula is C14H21N3. The summed E-state index contributed by atoms with van der Waals surface area (Å²) in [6, 6.07) is 6.40. The molecule has 0 aliphatic carbocycles. The fourth-order valence-corrected chi connectivity index (χ4v) is 2.12. The summed E-state index contributed by atoms with van der Waals surface area (Å²) in [5.41, 5.74) is 9.51. The molecule has 0 radical (unpaired) electrons. The van der Waals surface area contributed by atoms with Gasteiger partial charge in [0.1, 0.15) is 5.82 Å². The standard InChI is InChI=1S/C14H21N3/c1-4-14-16-12-6-5-10(8-13(12)17-14)11(15)7-9(2)3/h5-6,8-9,11H,4,7,15H2,1-3H3,(H,16,17). The van der Waals surface area contributed by atoms with E-state index in [1.165, 1.54) is 5.56 Å². The average Bonchev–Trinajstić information content (AvgIpc) is 2.69. The Labute approximate surface area is 102 Å². The number of aromatic nitrogens is 2. The van der Waals surface area contributed by atoms with Gasteiger partial charge in [0.2, 0.25) is 0 Å². The molecule has 17 heavy (non-hydrogen) atoms. The minimum atomic E-state index is 0.118. The van der Waals surface area contributed by atoms with Crippen molar-refractivity contribution < 1.29 is 0 Å². The first-order chi connectivity index (χ1) is 8.10. The zero-order chi connectivity index (χ0) is 12.4. The highest BCUT2D eigenvalue weighted by molar-refractivity contribution is 5.76. The molecule has 1 unspecified atom stereocenters. The molecule has 0 aliphatic heterocycles. The van der Waals surface area contributed by atoms with Crippen molar-refractivity contribution >= 4 is 11.0 Å². The fourth-order valence-electron chi connectivity index (χ4n) is 2.12. The van der Waals surface area contributed by atoms with E-state index in [2.05, 4.69) is 48.9 Å². The number of fused-ring (bicyclic) bond motifs is 1. The first-order valence-corrected chi connectivity index (χ1v) is 6.34. The first kappa shape index (κ1) is 12.1. The van der Waals surface area contributed by atoms with Gasteiger partial charge in [-0.05, 0) is 30.0 Å². The van der Waals surface area contributed by atoms with E-state index in [0.717, 1.165) is 29.7 Å². The molecule has 0 amide bonds. The Morgan fingerprint density at radius 1 is 1.35 bits per heavy atom. The second kappa shape index (κ2) is 4.88. The Balaban J connectivity index is 2.30. The molecule has 1 aromatic carbocycles. The third kappa shape index (κ3) is 2.67. The van der Waals surface area contributed by atoms with E-state index in [0.29, 0.717) is 5.92 Å². The van der Waals surface area contributed by atoms with E-state index in [9.17, 15) is 0 Å². The molecule has 1 atom stereocenters. The van der Waals surface area contributed by atoms with Crippen molar-refractivity contribution in [1.82, 2.24) is 9.97 Å². The van der Waals surface area contributed by atoms with E-state index < -0.39 is 0 Å². The highest BCUT2D eigenvalue weighted by Gasteiger charge is 2.10. The molecule has 0 saturated carbocycles. The Morgan fingerprint density at radius 2 is 2.12 bits per heavy atom. The van der Waals surface area contributed by atoms with Crippen LogP contribution in [0.1, 0.15) is 44.6 Å². The first-order valence-electron chi connectivity index (χ1n) is 6.34. The summed E-state index contributed by atoms with van der Waals surface area (Å²) in [5, 5.41) is 0. The van der Waals surface area contributed by atoms with Crippen molar-refractivity contribution in [3.8, 4) is 0 Å². The van der Waals surface area contributed by atoms with Gasteiger partial charge in [0.15, 0.2) is 0 Å². The number of hydrogen-bond acceptors (Lipinski definition) is 2. The molecule has 1 aromatic heterocycles. The molecule has 3 heteroatoms. The van der Waals surface area contributed by atoms with E-state index in [-0.39, 0.29) is 6.04 Å². The highest BCUT2D eigenvalue weighted by atomic mass is 14.9. The van der Waals surface area contributed by atoms with Crippen LogP contribution in [0.5, 0.6) is 0 Å². The molecule has 2 rings (SSSR count). The summed E-state index contributed by atoms with van der Waals surface area (Å²) in [4.78, 5) is 7.82. The molecule has 0 fully saturated rings. The third-order valence-electron chi connectivity index (χ3n) is 3.04. The number of H-pyrrole nitrogens is 1. The Morgan fingerprint density at radius 3 is 2.76 bits per heavy atom. The fraction of sp³-hybridized carbons (Fsp3) is 0.500. The van der Waals surface area contributed by atoms with Gasteiger partial charge in [-0.25, -0.2) is 4.98 Å². The smallest absolute Gasteiger partial charge is 0.106 e. The minimum absolute atomic E-state index is 0.118. The van der Waals surface area contributed by atoms with Crippen LogP contribution in [0, 0.1) is 5.92 Å². The van der Waals surface area contributed by atoms with Crippen LogP contribution >= 0.6 is 0 Å². The molecule has 0 aliphatic rings. The minimum Gasteiger partial charge on any atom is -0.342 e. The summed E-state index contributed by atoms with van der Waals surface area (Å²) < 4.78 is 0. The van der Waals surface area contributed by atoms with Crippen molar-refractivity contribution in [3.05, 3.63) is 29.6 Å². The number of nitrogens with two attached hydrogens (primary N) is 1. The molecule has 92 valence electrons. The molecule has 1 heterocycles. The zero-order valence-corrected chi connectivity index (χ0v) is 10.8. The number of nitrogens with one attached hydrogen (secondary N) is 1. The van der Waals surface area contributed by atoms with E-state index in [1.807, 2.05) is 0 Å². The third-order valence-corrected chi connectivity index (χ3v) is 3.04. The molecule has 3 nitrogen and oxygen atoms in total. The molecule has 0 bridgehead atoms. The lowest BCUT2D eigenvalue weighted by Gasteiger charge is -2.14. The lowest BCUT2D eigenvalue weighted by atomic mass is 9.98. The lowest BCUT2D eigenvalue weighted by molar-refractivity contribution is 0.510. The largest absolute Gasteiger partial charge is 0.342 e. The quantitative estimate of drug-likeness (QED) is 0.849. The second-order valence-electron chi connectivity index (χ2n) is 5.05. The topological polar surface area (TPSA) is 54.7 Å². The maximum atomic E-state index is 6.19. The average molecular weight is 231 g/mol. The van der Waals surface area contributed by atoms with Crippen LogP contribution < -0.4 is 5.73 Å². The SMILES string of the molecule is CCc1nc2ccc(C(N)CC(C)C)cc2[nH]1. The number of imidazole rings is 1. The Bertz CT molecular complexity index is 499. The molecule has 0 spiro atoms. The maximum Gasteiger partial charge on any atom is 0.106 e. The van der Waals surface area contributed by atoms with Crippen molar-refractivity contribution in [2.24, 2.45) is 11.7 Å². The van der Waals surface area contributed by atoms with Crippen LogP contribution in [0.15, 0.2) is 18.2 Å². The van der Waals surface area contributed by atoms with Crippen molar-refractivity contribution in [3.63, 3.8) is 0 Å².